The third kappa shape index (κ3) is 5.41. The molecule has 1 amide bonds. The summed E-state index contributed by atoms with van der Waals surface area (Å²) in [6.45, 7) is 2.71. The van der Waals surface area contributed by atoms with E-state index >= 15 is 0 Å². The second-order valence-corrected chi connectivity index (χ2v) is 10.0. The molecule has 0 unspecified atom stereocenters. The Balaban J connectivity index is 1.66. The van der Waals surface area contributed by atoms with Crippen molar-refractivity contribution < 1.29 is 28.5 Å². The molecule has 0 bridgehead atoms. The predicted molar refractivity (Wildman–Crippen MR) is 146 cm³/mol. The minimum Gasteiger partial charge on any atom is -0.497 e. The molecule has 1 heterocycles. The smallest absolute Gasteiger partial charge is 0.259 e. The minimum atomic E-state index is -0.169. The standard InChI is InChI=1S/C28H34N2O6S/c1-16-7-10-19-23(13-16)37-28(29-15-17-8-12-21(33-3)26(36-6)25(17)35-5)24(19)27(31)30-20-11-9-18(32-2)14-22(20)34-4/h8-9,11-12,14,16,29H,7,10,13,15H2,1-6H3,(H,30,31)/t16-/m1/s1. The number of thiophene rings is 1. The molecule has 4 rings (SSSR count). The second kappa shape index (κ2) is 11.6. The van der Waals surface area contributed by atoms with Crippen LogP contribution in [0.5, 0.6) is 28.7 Å². The molecule has 37 heavy (non-hydrogen) atoms. The number of rotatable bonds is 10. The maximum atomic E-state index is 13.7. The van der Waals surface area contributed by atoms with Crippen LogP contribution in [0.15, 0.2) is 30.3 Å². The van der Waals surface area contributed by atoms with Gasteiger partial charge in [-0.3, -0.25) is 4.79 Å². The lowest BCUT2D eigenvalue weighted by molar-refractivity contribution is 0.102. The molecule has 3 aromatic rings. The van der Waals surface area contributed by atoms with Crippen LogP contribution in [0, 0.1) is 5.92 Å². The van der Waals surface area contributed by atoms with Crippen LogP contribution in [0.3, 0.4) is 0 Å². The molecule has 9 heteroatoms. The van der Waals surface area contributed by atoms with Gasteiger partial charge in [0.2, 0.25) is 5.75 Å². The van der Waals surface area contributed by atoms with Gasteiger partial charge in [-0.2, -0.15) is 0 Å². The number of carbonyl (C=O) groups excluding carboxylic acids is 1. The summed E-state index contributed by atoms with van der Waals surface area (Å²) < 4.78 is 27.4. The Morgan fingerprint density at radius 3 is 2.38 bits per heavy atom. The molecule has 0 aliphatic heterocycles. The molecule has 0 spiro atoms. The molecular weight excluding hydrogens is 492 g/mol. The molecule has 1 aromatic heterocycles. The van der Waals surface area contributed by atoms with Gasteiger partial charge in [-0.25, -0.2) is 0 Å². The lowest BCUT2D eigenvalue weighted by Gasteiger charge is -2.19. The number of carbonyl (C=O) groups is 1. The molecule has 0 fully saturated rings. The Morgan fingerprint density at radius 2 is 1.70 bits per heavy atom. The lowest BCUT2D eigenvalue weighted by atomic mass is 9.88. The zero-order valence-electron chi connectivity index (χ0n) is 22.2. The van der Waals surface area contributed by atoms with Crippen molar-refractivity contribution in [2.24, 2.45) is 5.92 Å². The Kier molecular flexibility index (Phi) is 8.33. The Morgan fingerprint density at radius 1 is 0.946 bits per heavy atom. The summed E-state index contributed by atoms with van der Waals surface area (Å²) in [4.78, 5) is 15.0. The van der Waals surface area contributed by atoms with Crippen LogP contribution in [0.25, 0.3) is 0 Å². The highest BCUT2D eigenvalue weighted by Gasteiger charge is 2.28. The average molecular weight is 527 g/mol. The Labute approximate surface area is 221 Å². The van der Waals surface area contributed by atoms with Gasteiger partial charge in [0.1, 0.15) is 16.5 Å². The first-order valence-corrected chi connectivity index (χ1v) is 12.9. The SMILES string of the molecule is COc1ccc(NC(=O)c2c(NCc3ccc(OC)c(OC)c3OC)sc3c2CC[C@@H](C)C3)c(OC)c1. The molecule has 1 atom stereocenters. The van der Waals surface area contributed by atoms with Crippen LogP contribution in [0.1, 0.15) is 39.7 Å². The number of nitrogens with one attached hydrogen (secondary N) is 2. The van der Waals surface area contributed by atoms with Crippen LogP contribution in [-0.2, 0) is 19.4 Å². The van der Waals surface area contributed by atoms with Gasteiger partial charge in [-0.05, 0) is 55.0 Å². The largest absolute Gasteiger partial charge is 0.497 e. The molecule has 2 aromatic carbocycles. The number of ether oxygens (including phenoxy) is 5. The van der Waals surface area contributed by atoms with E-state index in [1.165, 1.54) is 4.88 Å². The van der Waals surface area contributed by atoms with Crippen LogP contribution in [0.4, 0.5) is 10.7 Å². The fourth-order valence-corrected chi connectivity index (χ4v) is 6.08. The zero-order chi connectivity index (χ0) is 26.5. The fourth-order valence-electron chi connectivity index (χ4n) is 4.68. The fraction of sp³-hybridized carbons (Fsp3) is 0.393. The maximum absolute atomic E-state index is 13.7. The van der Waals surface area contributed by atoms with Crippen molar-refractivity contribution in [2.75, 3.05) is 46.2 Å². The topological polar surface area (TPSA) is 87.3 Å². The van der Waals surface area contributed by atoms with E-state index in [1.54, 1.807) is 65.1 Å². The summed E-state index contributed by atoms with van der Waals surface area (Å²) in [6, 6.07) is 9.13. The number of benzene rings is 2. The van der Waals surface area contributed by atoms with E-state index in [4.69, 9.17) is 23.7 Å². The van der Waals surface area contributed by atoms with Gasteiger partial charge in [0.25, 0.3) is 5.91 Å². The number of hydrogen-bond donors (Lipinski definition) is 2. The highest BCUT2D eigenvalue weighted by Crippen LogP contribution is 2.43. The van der Waals surface area contributed by atoms with Crippen LogP contribution in [0.2, 0.25) is 0 Å². The quantitative estimate of drug-likeness (QED) is 0.346. The number of fused-ring (bicyclic) bond motifs is 1. The van der Waals surface area contributed by atoms with Gasteiger partial charge in [0, 0.05) is 23.1 Å². The summed E-state index contributed by atoms with van der Waals surface area (Å²) in [5.41, 5.74) is 3.28. The maximum Gasteiger partial charge on any atom is 0.259 e. The second-order valence-electron chi connectivity index (χ2n) is 8.92. The lowest BCUT2D eigenvalue weighted by Crippen LogP contribution is -2.18. The Hall–Kier alpha value is -3.59. The molecule has 0 saturated heterocycles. The first-order chi connectivity index (χ1) is 17.9. The van der Waals surface area contributed by atoms with Gasteiger partial charge in [-0.15, -0.1) is 11.3 Å². The summed E-state index contributed by atoms with van der Waals surface area (Å²) in [5.74, 6) is 3.33. The molecule has 198 valence electrons. The van der Waals surface area contributed by atoms with Crippen molar-refractivity contribution in [3.05, 3.63) is 51.9 Å². The minimum absolute atomic E-state index is 0.169. The first kappa shape index (κ1) is 26.5. The average Bonchev–Trinajstić information content (AvgIpc) is 3.28. The normalized spacial score (nSPS) is 14.4. The van der Waals surface area contributed by atoms with E-state index in [-0.39, 0.29) is 5.91 Å². The van der Waals surface area contributed by atoms with Gasteiger partial charge in [0.05, 0.1) is 46.8 Å². The monoisotopic (exact) mass is 526 g/mol. The third-order valence-corrected chi connectivity index (χ3v) is 7.83. The van der Waals surface area contributed by atoms with E-state index < -0.39 is 0 Å². The molecule has 8 nitrogen and oxygen atoms in total. The van der Waals surface area contributed by atoms with Crippen molar-refractivity contribution in [1.82, 2.24) is 0 Å². The van der Waals surface area contributed by atoms with Crippen LogP contribution >= 0.6 is 11.3 Å². The van der Waals surface area contributed by atoms with Crippen molar-refractivity contribution in [3.8, 4) is 28.7 Å². The molecule has 1 aliphatic rings. The van der Waals surface area contributed by atoms with Crippen molar-refractivity contribution in [2.45, 2.75) is 32.7 Å². The summed E-state index contributed by atoms with van der Waals surface area (Å²) in [7, 11) is 7.95. The number of anilines is 2. The zero-order valence-corrected chi connectivity index (χ0v) is 23.0. The summed E-state index contributed by atoms with van der Waals surface area (Å²) >= 11 is 1.65. The number of methoxy groups -OCH3 is 5. The predicted octanol–water partition coefficient (Wildman–Crippen LogP) is 5.78. The summed E-state index contributed by atoms with van der Waals surface area (Å²) in [5, 5.41) is 7.40. The first-order valence-electron chi connectivity index (χ1n) is 12.1. The highest BCUT2D eigenvalue weighted by molar-refractivity contribution is 7.16. The molecular formula is C28H34N2O6S. The summed E-state index contributed by atoms with van der Waals surface area (Å²) in [6.07, 6.45) is 2.89. The molecule has 0 radical (unpaired) electrons. The number of amides is 1. The number of hydrogen-bond acceptors (Lipinski definition) is 8. The van der Waals surface area contributed by atoms with Crippen molar-refractivity contribution >= 4 is 27.9 Å². The Bertz CT molecular complexity index is 1270. The van der Waals surface area contributed by atoms with E-state index in [0.717, 1.165) is 35.4 Å². The van der Waals surface area contributed by atoms with E-state index in [9.17, 15) is 4.79 Å². The van der Waals surface area contributed by atoms with E-state index in [2.05, 4.69) is 17.6 Å². The van der Waals surface area contributed by atoms with Gasteiger partial charge in [0.15, 0.2) is 11.5 Å². The van der Waals surface area contributed by atoms with Gasteiger partial charge >= 0.3 is 0 Å². The molecule has 1 aliphatic carbocycles. The van der Waals surface area contributed by atoms with E-state index in [0.29, 0.717) is 52.5 Å². The van der Waals surface area contributed by atoms with Crippen molar-refractivity contribution in [1.29, 1.82) is 0 Å². The third-order valence-electron chi connectivity index (χ3n) is 6.62. The molecule has 2 N–H and O–H groups in total. The highest BCUT2D eigenvalue weighted by atomic mass is 32.1. The van der Waals surface area contributed by atoms with Crippen molar-refractivity contribution in [3.63, 3.8) is 0 Å². The van der Waals surface area contributed by atoms with Crippen LogP contribution in [-0.4, -0.2) is 41.5 Å². The molecule has 0 saturated carbocycles. The van der Waals surface area contributed by atoms with Gasteiger partial charge < -0.3 is 34.3 Å². The van der Waals surface area contributed by atoms with Crippen LogP contribution < -0.4 is 34.3 Å². The van der Waals surface area contributed by atoms with E-state index in [1.807, 2.05) is 12.1 Å². The van der Waals surface area contributed by atoms with Gasteiger partial charge in [-0.1, -0.05) is 6.92 Å².